The van der Waals surface area contributed by atoms with Crippen molar-refractivity contribution < 1.29 is 9.15 Å². The number of benzene rings is 3. The lowest BCUT2D eigenvalue weighted by molar-refractivity contribution is 0.298. The summed E-state index contributed by atoms with van der Waals surface area (Å²) in [5, 5.41) is 1.50. The van der Waals surface area contributed by atoms with Crippen molar-refractivity contribution in [2.24, 2.45) is 0 Å². The number of rotatable bonds is 4. The Bertz CT molecular complexity index is 1350. The highest BCUT2D eigenvalue weighted by atomic mass is 35.5. The summed E-state index contributed by atoms with van der Waals surface area (Å²) in [7, 11) is 0. The molecule has 4 aromatic rings. The fraction of sp³-hybridized carbons (Fsp3) is 0.222. The highest BCUT2D eigenvalue weighted by Gasteiger charge is 2.20. The van der Waals surface area contributed by atoms with Crippen LogP contribution in [0.2, 0.25) is 10.0 Å². The second kappa shape index (κ2) is 8.65. The van der Waals surface area contributed by atoms with E-state index in [2.05, 4.69) is 20.8 Å². The van der Waals surface area contributed by atoms with Gasteiger partial charge < -0.3 is 9.15 Å². The number of hydrogen-bond donors (Lipinski definition) is 0. The molecule has 0 aliphatic rings. The third-order valence-corrected chi connectivity index (χ3v) is 6.06. The van der Waals surface area contributed by atoms with E-state index < -0.39 is 0 Å². The summed E-state index contributed by atoms with van der Waals surface area (Å²) < 4.78 is 12.3. The molecule has 5 heteroatoms. The van der Waals surface area contributed by atoms with Crippen molar-refractivity contribution in [3.05, 3.63) is 97.6 Å². The number of hydrogen-bond acceptors (Lipinski definition) is 3. The lowest BCUT2D eigenvalue weighted by Gasteiger charge is -2.19. The topological polar surface area (TPSA) is 39.4 Å². The van der Waals surface area contributed by atoms with Gasteiger partial charge in [-0.2, -0.15) is 0 Å². The molecule has 0 spiro atoms. The summed E-state index contributed by atoms with van der Waals surface area (Å²) in [6, 6.07) is 18.8. The minimum atomic E-state index is -0.259. The van der Waals surface area contributed by atoms with Gasteiger partial charge >= 0.3 is 0 Å². The van der Waals surface area contributed by atoms with Crippen LogP contribution in [0.5, 0.6) is 5.75 Å². The van der Waals surface area contributed by atoms with Crippen molar-refractivity contribution in [2.75, 3.05) is 0 Å². The van der Waals surface area contributed by atoms with E-state index in [0.717, 1.165) is 16.7 Å². The average Bonchev–Trinajstić information content (AvgIpc) is 2.74. The maximum atomic E-state index is 13.4. The SMILES string of the molecule is Cc1cc2oc(-c3ccc(C(C)(C)C)cc3)c(OCc3cccc(Cl)c3)c(=O)c2cc1Cl. The van der Waals surface area contributed by atoms with Crippen LogP contribution in [-0.2, 0) is 12.0 Å². The first-order valence-electron chi connectivity index (χ1n) is 10.4. The van der Waals surface area contributed by atoms with Gasteiger partial charge in [0.05, 0.1) is 5.39 Å². The van der Waals surface area contributed by atoms with Gasteiger partial charge in [-0.05, 0) is 53.3 Å². The second-order valence-corrected chi connectivity index (χ2v) is 9.78. The van der Waals surface area contributed by atoms with E-state index in [1.807, 2.05) is 49.4 Å². The Morgan fingerprint density at radius 1 is 0.969 bits per heavy atom. The number of aryl methyl sites for hydroxylation is 1. The van der Waals surface area contributed by atoms with Crippen LogP contribution in [-0.4, -0.2) is 0 Å². The lowest BCUT2D eigenvalue weighted by Crippen LogP contribution is -2.11. The maximum Gasteiger partial charge on any atom is 0.235 e. The standard InChI is InChI=1S/C27H24Cl2O3/c1-16-12-23-21(14-22(16)29)24(30)26(31-15-17-6-5-7-20(28)13-17)25(32-23)18-8-10-19(11-9-18)27(2,3)4/h5-14H,15H2,1-4H3. The monoisotopic (exact) mass is 466 g/mol. The predicted octanol–water partition coefficient (Wildman–Crippen LogP) is 7.95. The van der Waals surface area contributed by atoms with Crippen LogP contribution < -0.4 is 10.2 Å². The van der Waals surface area contributed by atoms with Crippen molar-refractivity contribution in [1.82, 2.24) is 0 Å². The molecule has 0 N–H and O–H groups in total. The summed E-state index contributed by atoms with van der Waals surface area (Å²) in [5.41, 5.74) is 3.88. The molecule has 1 aromatic heterocycles. The molecule has 32 heavy (non-hydrogen) atoms. The van der Waals surface area contributed by atoms with E-state index in [1.165, 1.54) is 5.56 Å². The van der Waals surface area contributed by atoms with Gasteiger partial charge in [-0.25, -0.2) is 0 Å². The van der Waals surface area contributed by atoms with Crippen molar-refractivity contribution in [2.45, 2.75) is 39.7 Å². The van der Waals surface area contributed by atoms with Crippen molar-refractivity contribution in [3.63, 3.8) is 0 Å². The third-order valence-electron chi connectivity index (χ3n) is 5.42. The van der Waals surface area contributed by atoms with E-state index in [-0.39, 0.29) is 23.2 Å². The number of fused-ring (bicyclic) bond motifs is 1. The van der Waals surface area contributed by atoms with Crippen molar-refractivity contribution in [1.29, 1.82) is 0 Å². The van der Waals surface area contributed by atoms with Crippen LogP contribution in [0.15, 0.2) is 69.9 Å². The predicted molar refractivity (Wildman–Crippen MR) is 132 cm³/mol. The van der Waals surface area contributed by atoms with Gasteiger partial charge in [0, 0.05) is 15.6 Å². The smallest absolute Gasteiger partial charge is 0.235 e. The first-order chi connectivity index (χ1) is 15.1. The summed E-state index contributed by atoms with van der Waals surface area (Å²) >= 11 is 12.4. The van der Waals surface area contributed by atoms with E-state index >= 15 is 0 Å². The van der Waals surface area contributed by atoms with Crippen molar-refractivity contribution in [3.8, 4) is 17.1 Å². The second-order valence-electron chi connectivity index (χ2n) is 8.93. The molecule has 3 nitrogen and oxygen atoms in total. The molecule has 0 radical (unpaired) electrons. The highest BCUT2D eigenvalue weighted by molar-refractivity contribution is 6.32. The Hall–Kier alpha value is -2.75. The highest BCUT2D eigenvalue weighted by Crippen LogP contribution is 2.34. The summed E-state index contributed by atoms with van der Waals surface area (Å²) in [5.74, 6) is 0.549. The van der Waals surface area contributed by atoms with Crippen LogP contribution in [0, 0.1) is 6.92 Å². The molecule has 0 aliphatic heterocycles. The van der Waals surface area contributed by atoms with E-state index in [0.29, 0.717) is 26.8 Å². The molecule has 0 aliphatic carbocycles. The Kier molecular flexibility index (Phi) is 6.07. The first-order valence-corrected chi connectivity index (χ1v) is 11.1. The number of ether oxygens (including phenoxy) is 1. The Morgan fingerprint density at radius 2 is 1.69 bits per heavy atom. The first kappa shape index (κ1) is 22.4. The molecule has 0 saturated carbocycles. The van der Waals surface area contributed by atoms with Gasteiger partial charge in [-0.3, -0.25) is 4.79 Å². The quantitative estimate of drug-likeness (QED) is 0.306. The van der Waals surface area contributed by atoms with Crippen molar-refractivity contribution >= 4 is 34.2 Å². The van der Waals surface area contributed by atoms with Gasteiger partial charge in [-0.1, -0.05) is 80.4 Å². The molecule has 0 bridgehead atoms. The average molecular weight is 467 g/mol. The minimum Gasteiger partial charge on any atom is -0.481 e. The van der Waals surface area contributed by atoms with Gasteiger partial charge in [0.15, 0.2) is 5.76 Å². The molecule has 0 unspecified atom stereocenters. The molecule has 0 atom stereocenters. The van der Waals surface area contributed by atoms with Crippen LogP contribution in [0.3, 0.4) is 0 Å². The fourth-order valence-corrected chi connectivity index (χ4v) is 3.90. The molecular formula is C27H24Cl2O3. The van der Waals surface area contributed by atoms with Gasteiger partial charge in [0.25, 0.3) is 0 Å². The maximum absolute atomic E-state index is 13.4. The largest absolute Gasteiger partial charge is 0.481 e. The van der Waals surface area contributed by atoms with Gasteiger partial charge in [-0.15, -0.1) is 0 Å². The van der Waals surface area contributed by atoms with Gasteiger partial charge in [0.2, 0.25) is 11.2 Å². The third kappa shape index (κ3) is 4.55. The molecule has 1 heterocycles. The molecular weight excluding hydrogens is 443 g/mol. The van der Waals surface area contributed by atoms with E-state index in [4.69, 9.17) is 32.4 Å². The Labute approximate surface area is 197 Å². The summed E-state index contributed by atoms with van der Waals surface area (Å²) in [6.07, 6.45) is 0. The van der Waals surface area contributed by atoms with Crippen LogP contribution in [0.4, 0.5) is 0 Å². The molecule has 164 valence electrons. The normalized spacial score (nSPS) is 11.7. The van der Waals surface area contributed by atoms with Crippen LogP contribution in [0.1, 0.15) is 37.5 Å². The van der Waals surface area contributed by atoms with E-state index in [1.54, 1.807) is 18.2 Å². The zero-order chi connectivity index (χ0) is 23.0. The summed E-state index contributed by atoms with van der Waals surface area (Å²) in [6.45, 7) is 8.53. The molecule has 0 amide bonds. The molecule has 0 fully saturated rings. The van der Waals surface area contributed by atoms with Crippen LogP contribution in [0.25, 0.3) is 22.3 Å². The molecule has 3 aromatic carbocycles. The Balaban J connectivity index is 1.86. The van der Waals surface area contributed by atoms with Crippen LogP contribution >= 0.6 is 23.2 Å². The van der Waals surface area contributed by atoms with Gasteiger partial charge in [0.1, 0.15) is 12.2 Å². The summed E-state index contributed by atoms with van der Waals surface area (Å²) in [4.78, 5) is 13.4. The number of halogens is 2. The van der Waals surface area contributed by atoms with E-state index in [9.17, 15) is 4.79 Å². The lowest BCUT2D eigenvalue weighted by atomic mass is 9.86. The zero-order valence-corrected chi connectivity index (χ0v) is 20.0. The fourth-order valence-electron chi connectivity index (χ4n) is 3.52. The minimum absolute atomic E-state index is 0.0164. The molecule has 4 rings (SSSR count). The zero-order valence-electron chi connectivity index (χ0n) is 18.5. The molecule has 0 saturated heterocycles. The Morgan fingerprint density at radius 3 is 2.34 bits per heavy atom.